The van der Waals surface area contributed by atoms with Gasteiger partial charge < -0.3 is 19.8 Å². The van der Waals surface area contributed by atoms with E-state index >= 15 is 0 Å². The number of rotatable bonds is 8. The Morgan fingerprint density at radius 2 is 2.28 bits per heavy atom. The smallest absolute Gasteiger partial charge is 0.323 e. The molecule has 0 unspecified atom stereocenters. The fourth-order valence-corrected chi connectivity index (χ4v) is 1.42. The van der Waals surface area contributed by atoms with E-state index < -0.39 is 5.97 Å². The third kappa shape index (κ3) is 4.54. The summed E-state index contributed by atoms with van der Waals surface area (Å²) in [5, 5.41) is 17.5. The Morgan fingerprint density at radius 3 is 2.89 bits per heavy atom. The van der Waals surface area contributed by atoms with E-state index in [1.165, 1.54) is 12.4 Å². The molecule has 0 bridgehead atoms. The Labute approximate surface area is 105 Å². The molecule has 0 spiro atoms. The first-order valence-electron chi connectivity index (χ1n) is 5.69. The fraction of sp³-hybridized carbons (Fsp3) is 0.545. The number of aliphatic hydroxyl groups is 1. The average molecular weight is 255 g/mol. The molecular weight excluding hydrogens is 238 g/mol. The number of carboxylic acid groups (broad SMARTS) is 1. The zero-order valence-electron chi connectivity index (χ0n) is 10.2. The lowest BCUT2D eigenvalue weighted by Gasteiger charge is -2.20. The van der Waals surface area contributed by atoms with E-state index in [4.69, 9.17) is 14.9 Å². The maximum atomic E-state index is 10.8. The van der Waals surface area contributed by atoms with Crippen LogP contribution >= 0.6 is 0 Å². The highest BCUT2D eigenvalue weighted by atomic mass is 16.5. The summed E-state index contributed by atoms with van der Waals surface area (Å²) in [7, 11) is 0. The molecule has 0 aliphatic rings. The Hall–Kier alpha value is -1.89. The molecule has 1 aromatic rings. The van der Waals surface area contributed by atoms with Crippen molar-refractivity contribution in [3.05, 3.63) is 12.4 Å². The maximum Gasteiger partial charge on any atom is 0.323 e. The van der Waals surface area contributed by atoms with Gasteiger partial charge in [-0.25, -0.2) is 0 Å². The molecule has 18 heavy (non-hydrogen) atoms. The van der Waals surface area contributed by atoms with Crippen molar-refractivity contribution < 1.29 is 19.7 Å². The molecule has 1 heterocycles. The van der Waals surface area contributed by atoms with Crippen molar-refractivity contribution in [2.45, 2.75) is 13.3 Å². The van der Waals surface area contributed by atoms with Gasteiger partial charge in [-0.2, -0.15) is 4.98 Å². The summed E-state index contributed by atoms with van der Waals surface area (Å²) in [5.74, 6) is -0.199. The number of nitrogens with zero attached hydrogens (tertiary/aromatic N) is 3. The molecular formula is C11H17N3O4. The second-order valence-electron chi connectivity index (χ2n) is 3.60. The van der Waals surface area contributed by atoms with Crippen LogP contribution in [0.3, 0.4) is 0 Å². The van der Waals surface area contributed by atoms with Gasteiger partial charge in [0.15, 0.2) is 5.82 Å². The molecule has 0 radical (unpaired) electrons. The lowest BCUT2D eigenvalue weighted by Crippen LogP contribution is -2.31. The Kier molecular flexibility index (Phi) is 5.86. The van der Waals surface area contributed by atoms with Crippen molar-refractivity contribution in [3.63, 3.8) is 0 Å². The molecule has 7 heteroatoms. The van der Waals surface area contributed by atoms with Crippen LogP contribution in [0.1, 0.15) is 13.3 Å². The van der Waals surface area contributed by atoms with E-state index in [2.05, 4.69) is 9.97 Å². The van der Waals surface area contributed by atoms with E-state index in [9.17, 15) is 4.79 Å². The average Bonchev–Trinajstić information content (AvgIpc) is 2.36. The molecule has 0 amide bonds. The third-order valence-corrected chi connectivity index (χ3v) is 2.08. The summed E-state index contributed by atoms with van der Waals surface area (Å²) in [4.78, 5) is 20.5. The lowest BCUT2D eigenvalue weighted by molar-refractivity contribution is -0.135. The molecule has 0 fully saturated rings. The zero-order chi connectivity index (χ0) is 13.4. The highest BCUT2D eigenvalue weighted by Gasteiger charge is 2.12. The molecule has 1 aromatic heterocycles. The second kappa shape index (κ2) is 7.44. The quantitative estimate of drug-likeness (QED) is 0.682. The van der Waals surface area contributed by atoms with Gasteiger partial charge in [-0.3, -0.25) is 9.78 Å². The standard InChI is InChI=1S/C11H17N3O4/c1-2-3-14(8-11(16)17)9-6-12-7-10(13-9)18-5-4-15/h6-7,15H,2-5,8H2,1H3,(H,16,17). The van der Waals surface area contributed by atoms with Gasteiger partial charge in [0.1, 0.15) is 13.2 Å². The number of ether oxygens (including phenoxy) is 1. The van der Waals surface area contributed by atoms with Gasteiger partial charge in [-0.1, -0.05) is 6.92 Å². The number of aromatic nitrogens is 2. The van der Waals surface area contributed by atoms with Crippen molar-refractivity contribution in [2.24, 2.45) is 0 Å². The van der Waals surface area contributed by atoms with Gasteiger partial charge in [-0.15, -0.1) is 0 Å². The SMILES string of the molecule is CCCN(CC(=O)O)c1cncc(OCCO)n1. The van der Waals surface area contributed by atoms with Gasteiger partial charge >= 0.3 is 5.97 Å². The normalized spacial score (nSPS) is 10.1. The van der Waals surface area contributed by atoms with Crippen LogP contribution in [0.2, 0.25) is 0 Å². The van der Waals surface area contributed by atoms with Crippen molar-refractivity contribution in [1.29, 1.82) is 0 Å². The summed E-state index contributed by atoms with van der Waals surface area (Å²) in [5.41, 5.74) is 0. The van der Waals surface area contributed by atoms with Gasteiger partial charge in [-0.05, 0) is 6.42 Å². The predicted octanol–water partition coefficient (Wildman–Crippen LogP) is 0.149. The summed E-state index contributed by atoms with van der Waals surface area (Å²) in [6, 6.07) is 0. The Bertz CT molecular complexity index is 386. The number of anilines is 1. The predicted molar refractivity (Wildman–Crippen MR) is 64.8 cm³/mol. The van der Waals surface area contributed by atoms with Crippen molar-refractivity contribution in [1.82, 2.24) is 9.97 Å². The van der Waals surface area contributed by atoms with E-state index in [1.807, 2.05) is 6.92 Å². The molecule has 0 atom stereocenters. The van der Waals surface area contributed by atoms with E-state index in [0.29, 0.717) is 12.4 Å². The monoisotopic (exact) mass is 255 g/mol. The molecule has 100 valence electrons. The van der Waals surface area contributed by atoms with E-state index in [1.54, 1.807) is 4.90 Å². The molecule has 0 saturated carbocycles. The van der Waals surface area contributed by atoms with Crippen LogP contribution in [0.5, 0.6) is 5.88 Å². The van der Waals surface area contributed by atoms with Gasteiger partial charge in [0.2, 0.25) is 5.88 Å². The summed E-state index contributed by atoms with van der Waals surface area (Å²) in [6.45, 7) is 2.41. The highest BCUT2D eigenvalue weighted by Crippen LogP contribution is 2.14. The molecule has 0 aromatic carbocycles. The first-order valence-corrected chi connectivity index (χ1v) is 5.69. The highest BCUT2D eigenvalue weighted by molar-refractivity contribution is 5.73. The molecule has 1 rings (SSSR count). The molecule has 0 aliphatic carbocycles. The zero-order valence-corrected chi connectivity index (χ0v) is 10.2. The fourth-order valence-electron chi connectivity index (χ4n) is 1.42. The van der Waals surface area contributed by atoms with E-state index in [0.717, 1.165) is 6.42 Å². The summed E-state index contributed by atoms with van der Waals surface area (Å²) < 4.78 is 5.13. The molecule has 0 saturated heterocycles. The largest absolute Gasteiger partial charge is 0.480 e. The number of carboxylic acids is 1. The minimum atomic E-state index is -0.924. The van der Waals surface area contributed by atoms with Crippen LogP contribution in [0, 0.1) is 0 Å². The number of aliphatic carboxylic acids is 1. The first-order chi connectivity index (χ1) is 8.67. The van der Waals surface area contributed by atoms with Gasteiger partial charge in [0.25, 0.3) is 0 Å². The lowest BCUT2D eigenvalue weighted by atomic mass is 10.4. The van der Waals surface area contributed by atoms with E-state index in [-0.39, 0.29) is 25.6 Å². The molecule has 0 aliphatic heterocycles. The number of hydrogen-bond acceptors (Lipinski definition) is 6. The number of aliphatic hydroxyl groups excluding tert-OH is 1. The summed E-state index contributed by atoms with van der Waals surface area (Å²) >= 11 is 0. The first kappa shape index (κ1) is 14.2. The van der Waals surface area contributed by atoms with Crippen LogP contribution < -0.4 is 9.64 Å². The van der Waals surface area contributed by atoms with Crippen molar-refractivity contribution >= 4 is 11.8 Å². The van der Waals surface area contributed by atoms with Gasteiger partial charge in [0, 0.05) is 6.54 Å². The van der Waals surface area contributed by atoms with Crippen LogP contribution in [-0.2, 0) is 4.79 Å². The maximum absolute atomic E-state index is 10.8. The van der Waals surface area contributed by atoms with Gasteiger partial charge in [0.05, 0.1) is 19.0 Å². The Morgan fingerprint density at radius 1 is 1.50 bits per heavy atom. The van der Waals surface area contributed by atoms with Crippen LogP contribution in [0.4, 0.5) is 5.82 Å². The van der Waals surface area contributed by atoms with Crippen LogP contribution in [0.15, 0.2) is 12.4 Å². The van der Waals surface area contributed by atoms with Crippen molar-refractivity contribution in [3.8, 4) is 5.88 Å². The summed E-state index contributed by atoms with van der Waals surface area (Å²) in [6.07, 6.45) is 3.71. The Balaban J connectivity index is 2.79. The van der Waals surface area contributed by atoms with Crippen molar-refractivity contribution in [2.75, 3.05) is 31.2 Å². The minimum absolute atomic E-state index is 0.111. The number of carbonyl (C=O) groups is 1. The van der Waals surface area contributed by atoms with Crippen LogP contribution in [-0.4, -0.2) is 52.5 Å². The minimum Gasteiger partial charge on any atom is -0.480 e. The number of hydrogen-bond donors (Lipinski definition) is 2. The van der Waals surface area contributed by atoms with Crippen LogP contribution in [0.25, 0.3) is 0 Å². The molecule has 7 nitrogen and oxygen atoms in total. The molecule has 2 N–H and O–H groups in total. The third-order valence-electron chi connectivity index (χ3n) is 2.08. The topological polar surface area (TPSA) is 95.8 Å². The second-order valence-corrected chi connectivity index (χ2v) is 3.60.